The van der Waals surface area contributed by atoms with Crippen LogP contribution in [0.5, 0.6) is 0 Å². The Morgan fingerprint density at radius 1 is 1.47 bits per heavy atom. The fraction of sp³-hybridized carbons (Fsp3) is 0.583. The standard InChI is InChI=1S/C12H17N3O2/c1-8-7-9(15-12(2)5-4-6-12)14-10(13-8)11(16)17-3/h7H,4-6H2,1-3H3,(H,13,14,15). The first-order valence-electron chi connectivity index (χ1n) is 5.75. The molecule has 5 nitrogen and oxygen atoms in total. The molecule has 0 saturated heterocycles. The number of carbonyl (C=O) groups excluding carboxylic acids is 1. The lowest BCUT2D eigenvalue weighted by molar-refractivity contribution is 0.0586. The number of aryl methyl sites for hydroxylation is 1. The normalized spacial score (nSPS) is 17.1. The van der Waals surface area contributed by atoms with Crippen LogP contribution in [0.2, 0.25) is 0 Å². The van der Waals surface area contributed by atoms with Crippen molar-refractivity contribution in [3.05, 3.63) is 17.6 Å². The number of nitrogens with one attached hydrogen (secondary N) is 1. The van der Waals surface area contributed by atoms with Crippen molar-refractivity contribution in [2.45, 2.75) is 38.6 Å². The summed E-state index contributed by atoms with van der Waals surface area (Å²) >= 11 is 0. The molecule has 0 radical (unpaired) electrons. The maximum atomic E-state index is 11.4. The molecule has 1 fully saturated rings. The number of aromatic nitrogens is 2. The number of esters is 1. The zero-order chi connectivity index (χ0) is 12.5. The number of anilines is 1. The molecule has 0 amide bonds. The Hall–Kier alpha value is -1.65. The Balaban J connectivity index is 2.22. The summed E-state index contributed by atoms with van der Waals surface area (Å²) in [5.74, 6) is 0.300. The Morgan fingerprint density at radius 2 is 2.18 bits per heavy atom. The number of hydrogen-bond donors (Lipinski definition) is 1. The molecule has 1 aliphatic carbocycles. The molecule has 0 bridgehead atoms. The van der Waals surface area contributed by atoms with E-state index in [4.69, 9.17) is 0 Å². The van der Waals surface area contributed by atoms with Crippen LogP contribution in [0.15, 0.2) is 6.07 Å². The van der Waals surface area contributed by atoms with Crippen LogP contribution in [0.3, 0.4) is 0 Å². The second-order valence-electron chi connectivity index (χ2n) is 4.75. The third-order valence-corrected chi connectivity index (χ3v) is 3.11. The molecular formula is C12H17N3O2. The molecular weight excluding hydrogens is 218 g/mol. The van der Waals surface area contributed by atoms with E-state index < -0.39 is 5.97 Å². The molecule has 0 atom stereocenters. The summed E-state index contributed by atoms with van der Waals surface area (Å²) in [4.78, 5) is 19.6. The molecule has 17 heavy (non-hydrogen) atoms. The van der Waals surface area contributed by atoms with E-state index in [9.17, 15) is 4.79 Å². The average Bonchev–Trinajstić information content (AvgIpc) is 2.25. The Morgan fingerprint density at radius 3 is 2.71 bits per heavy atom. The maximum Gasteiger partial charge on any atom is 0.376 e. The van der Waals surface area contributed by atoms with Crippen LogP contribution < -0.4 is 5.32 Å². The minimum atomic E-state index is -0.504. The van der Waals surface area contributed by atoms with Crippen LogP contribution in [-0.4, -0.2) is 28.6 Å². The first kappa shape index (κ1) is 11.8. The summed E-state index contributed by atoms with van der Waals surface area (Å²) in [5, 5.41) is 3.36. The molecule has 2 rings (SSSR count). The Bertz CT molecular complexity index is 441. The second kappa shape index (κ2) is 4.31. The average molecular weight is 235 g/mol. The zero-order valence-corrected chi connectivity index (χ0v) is 10.4. The minimum absolute atomic E-state index is 0.105. The molecule has 1 N–H and O–H groups in total. The summed E-state index contributed by atoms with van der Waals surface area (Å²) in [5.41, 5.74) is 0.861. The number of methoxy groups -OCH3 is 1. The Kier molecular flexibility index (Phi) is 3.00. The SMILES string of the molecule is COC(=O)c1nc(C)cc(NC2(C)CCC2)n1. The van der Waals surface area contributed by atoms with E-state index in [1.807, 2.05) is 13.0 Å². The number of hydrogen-bond acceptors (Lipinski definition) is 5. The highest BCUT2D eigenvalue weighted by Gasteiger charge is 2.32. The van der Waals surface area contributed by atoms with Gasteiger partial charge < -0.3 is 10.1 Å². The highest BCUT2D eigenvalue weighted by Crippen LogP contribution is 2.34. The summed E-state index contributed by atoms with van der Waals surface area (Å²) in [6.07, 6.45) is 3.49. The predicted molar refractivity (Wildman–Crippen MR) is 64.0 cm³/mol. The van der Waals surface area contributed by atoms with E-state index in [2.05, 4.69) is 26.9 Å². The first-order valence-corrected chi connectivity index (χ1v) is 5.75. The molecule has 1 saturated carbocycles. The van der Waals surface area contributed by atoms with Crippen LogP contribution in [0.4, 0.5) is 5.82 Å². The molecule has 1 aromatic rings. The van der Waals surface area contributed by atoms with Gasteiger partial charge >= 0.3 is 5.97 Å². The van der Waals surface area contributed by atoms with E-state index in [1.54, 1.807) is 0 Å². The quantitative estimate of drug-likeness (QED) is 0.811. The summed E-state index contributed by atoms with van der Waals surface area (Å²) in [6, 6.07) is 1.84. The smallest absolute Gasteiger partial charge is 0.376 e. The zero-order valence-electron chi connectivity index (χ0n) is 10.4. The van der Waals surface area contributed by atoms with Gasteiger partial charge in [-0.25, -0.2) is 14.8 Å². The highest BCUT2D eigenvalue weighted by atomic mass is 16.5. The molecule has 0 unspecified atom stereocenters. The van der Waals surface area contributed by atoms with E-state index >= 15 is 0 Å². The van der Waals surface area contributed by atoms with Crippen LogP contribution in [0.1, 0.15) is 42.5 Å². The first-order chi connectivity index (χ1) is 8.02. The lowest BCUT2D eigenvalue weighted by Gasteiger charge is -2.39. The van der Waals surface area contributed by atoms with Gasteiger partial charge in [0.25, 0.3) is 0 Å². The van der Waals surface area contributed by atoms with Crippen LogP contribution in [-0.2, 0) is 4.74 Å². The van der Waals surface area contributed by atoms with Crippen LogP contribution >= 0.6 is 0 Å². The monoisotopic (exact) mass is 235 g/mol. The Labute approximate surface area is 101 Å². The van der Waals surface area contributed by atoms with E-state index in [0.717, 1.165) is 18.5 Å². The van der Waals surface area contributed by atoms with Gasteiger partial charge in [-0.1, -0.05) is 0 Å². The molecule has 0 aliphatic heterocycles. The lowest BCUT2D eigenvalue weighted by atomic mass is 9.78. The van der Waals surface area contributed by atoms with Gasteiger partial charge in [-0.2, -0.15) is 0 Å². The van der Waals surface area contributed by atoms with Gasteiger partial charge in [0, 0.05) is 17.3 Å². The van der Waals surface area contributed by atoms with E-state index in [1.165, 1.54) is 13.5 Å². The molecule has 0 aromatic carbocycles. The predicted octanol–water partition coefficient (Wildman–Crippen LogP) is 1.93. The van der Waals surface area contributed by atoms with Gasteiger partial charge in [-0.05, 0) is 33.1 Å². The van der Waals surface area contributed by atoms with Crippen molar-refractivity contribution in [2.24, 2.45) is 0 Å². The van der Waals surface area contributed by atoms with Gasteiger partial charge in [0.05, 0.1) is 7.11 Å². The number of ether oxygens (including phenoxy) is 1. The van der Waals surface area contributed by atoms with E-state index in [0.29, 0.717) is 5.82 Å². The van der Waals surface area contributed by atoms with Gasteiger partial charge in [-0.15, -0.1) is 0 Å². The summed E-state index contributed by atoms with van der Waals surface area (Å²) in [7, 11) is 1.33. The molecule has 5 heteroatoms. The van der Waals surface area contributed by atoms with E-state index in [-0.39, 0.29) is 11.4 Å². The lowest BCUT2D eigenvalue weighted by Crippen LogP contribution is -2.42. The topological polar surface area (TPSA) is 64.1 Å². The van der Waals surface area contributed by atoms with Crippen molar-refractivity contribution in [1.82, 2.24) is 9.97 Å². The molecule has 1 aromatic heterocycles. The maximum absolute atomic E-state index is 11.4. The molecule has 0 spiro atoms. The van der Waals surface area contributed by atoms with Crippen molar-refractivity contribution in [3.8, 4) is 0 Å². The second-order valence-corrected chi connectivity index (χ2v) is 4.75. The van der Waals surface area contributed by atoms with Crippen molar-refractivity contribution in [3.63, 3.8) is 0 Å². The minimum Gasteiger partial charge on any atom is -0.463 e. The fourth-order valence-corrected chi connectivity index (χ4v) is 1.96. The van der Waals surface area contributed by atoms with Gasteiger partial charge in [0.1, 0.15) is 5.82 Å². The van der Waals surface area contributed by atoms with Gasteiger partial charge in [-0.3, -0.25) is 0 Å². The molecule has 92 valence electrons. The molecule has 1 heterocycles. The number of rotatable bonds is 3. The fourth-order valence-electron chi connectivity index (χ4n) is 1.96. The van der Waals surface area contributed by atoms with Crippen LogP contribution in [0.25, 0.3) is 0 Å². The largest absolute Gasteiger partial charge is 0.463 e. The third kappa shape index (κ3) is 2.54. The number of carbonyl (C=O) groups is 1. The third-order valence-electron chi connectivity index (χ3n) is 3.11. The van der Waals surface area contributed by atoms with Crippen molar-refractivity contribution in [2.75, 3.05) is 12.4 Å². The van der Waals surface area contributed by atoms with Crippen molar-refractivity contribution < 1.29 is 9.53 Å². The van der Waals surface area contributed by atoms with Crippen molar-refractivity contribution >= 4 is 11.8 Å². The number of nitrogens with zero attached hydrogens (tertiary/aromatic N) is 2. The van der Waals surface area contributed by atoms with Gasteiger partial charge in [0.2, 0.25) is 5.82 Å². The van der Waals surface area contributed by atoms with Crippen LogP contribution in [0, 0.1) is 6.92 Å². The summed E-state index contributed by atoms with van der Waals surface area (Å²) in [6.45, 7) is 3.99. The molecule has 1 aliphatic rings. The summed E-state index contributed by atoms with van der Waals surface area (Å²) < 4.78 is 4.62. The highest BCUT2D eigenvalue weighted by molar-refractivity contribution is 5.85. The van der Waals surface area contributed by atoms with Gasteiger partial charge in [0.15, 0.2) is 0 Å². The van der Waals surface area contributed by atoms with Crippen molar-refractivity contribution in [1.29, 1.82) is 0 Å².